The number of amides is 1. The highest BCUT2D eigenvalue weighted by atomic mass is 32.2. The first-order chi connectivity index (χ1) is 10.3. The number of carbonyl (C=O) groups is 1. The molecule has 0 saturated carbocycles. The van der Waals surface area contributed by atoms with Gasteiger partial charge >= 0.3 is 0 Å². The number of nitrogens with one attached hydrogen (secondary N) is 1. The van der Waals surface area contributed by atoms with Crippen molar-refractivity contribution < 1.29 is 4.79 Å². The van der Waals surface area contributed by atoms with Crippen LogP contribution in [-0.4, -0.2) is 33.8 Å². The second kappa shape index (κ2) is 6.18. The molecule has 5 heteroatoms. The summed E-state index contributed by atoms with van der Waals surface area (Å²) >= 11 is 1.86. The number of carbonyl (C=O) groups excluding carboxylic acids is 1. The fourth-order valence-electron chi connectivity index (χ4n) is 2.51. The fraction of sp³-hybridized carbons (Fsp3) is 0.250. The number of benzene rings is 1. The van der Waals surface area contributed by atoms with E-state index in [0.717, 1.165) is 23.6 Å². The molecule has 2 heterocycles. The largest absolute Gasteiger partial charge is 0.330 e. The molecule has 1 aromatic heterocycles. The third-order valence-corrected chi connectivity index (χ3v) is 4.63. The molecule has 3 rings (SSSR count). The molecule has 0 bridgehead atoms. The average Bonchev–Trinajstić information content (AvgIpc) is 2.56. The number of nitrogens with zero attached hydrogens (tertiary/aromatic N) is 1. The Hall–Kier alpha value is -2.01. The maximum absolute atomic E-state index is 12.7. The van der Waals surface area contributed by atoms with Gasteiger partial charge in [-0.3, -0.25) is 9.59 Å². The van der Waals surface area contributed by atoms with Crippen LogP contribution in [0.2, 0.25) is 0 Å². The zero-order valence-corrected chi connectivity index (χ0v) is 12.3. The summed E-state index contributed by atoms with van der Waals surface area (Å²) in [5.41, 5.74) is 1.49. The summed E-state index contributed by atoms with van der Waals surface area (Å²) in [7, 11) is 0. The third-order valence-electron chi connectivity index (χ3n) is 3.60. The van der Waals surface area contributed by atoms with Crippen molar-refractivity contribution in [2.45, 2.75) is 6.04 Å². The van der Waals surface area contributed by atoms with E-state index in [4.69, 9.17) is 0 Å². The first-order valence-corrected chi connectivity index (χ1v) is 8.03. The van der Waals surface area contributed by atoms with E-state index in [1.54, 1.807) is 6.07 Å². The lowest BCUT2D eigenvalue weighted by Crippen LogP contribution is -2.40. The molecular weight excluding hydrogens is 284 g/mol. The Morgan fingerprint density at radius 2 is 2.00 bits per heavy atom. The quantitative estimate of drug-likeness (QED) is 0.926. The van der Waals surface area contributed by atoms with Gasteiger partial charge < -0.3 is 9.88 Å². The van der Waals surface area contributed by atoms with Gasteiger partial charge in [-0.05, 0) is 11.6 Å². The van der Waals surface area contributed by atoms with Crippen molar-refractivity contribution in [1.29, 1.82) is 0 Å². The zero-order chi connectivity index (χ0) is 14.7. The number of aromatic amines is 1. The molecule has 0 spiro atoms. The summed E-state index contributed by atoms with van der Waals surface area (Å²) in [6.07, 6.45) is 1.49. The minimum atomic E-state index is -0.194. The normalized spacial score (nSPS) is 18.5. The van der Waals surface area contributed by atoms with Gasteiger partial charge in [0, 0.05) is 30.3 Å². The van der Waals surface area contributed by atoms with Crippen molar-refractivity contribution in [3.05, 3.63) is 70.1 Å². The van der Waals surface area contributed by atoms with E-state index in [1.807, 2.05) is 34.9 Å². The van der Waals surface area contributed by atoms with E-state index in [0.29, 0.717) is 5.56 Å². The molecule has 1 saturated heterocycles. The summed E-state index contributed by atoms with van der Waals surface area (Å²) in [4.78, 5) is 28.3. The van der Waals surface area contributed by atoms with Crippen molar-refractivity contribution in [1.82, 2.24) is 9.88 Å². The van der Waals surface area contributed by atoms with Gasteiger partial charge in [0.1, 0.15) is 0 Å². The van der Waals surface area contributed by atoms with Gasteiger partial charge in [-0.15, -0.1) is 0 Å². The van der Waals surface area contributed by atoms with Gasteiger partial charge in [0.2, 0.25) is 5.56 Å². The van der Waals surface area contributed by atoms with Crippen molar-refractivity contribution in [3.63, 3.8) is 0 Å². The number of hydrogen-bond donors (Lipinski definition) is 1. The Kier molecular flexibility index (Phi) is 4.10. The van der Waals surface area contributed by atoms with Gasteiger partial charge in [0.25, 0.3) is 5.91 Å². The van der Waals surface area contributed by atoms with E-state index in [1.165, 1.54) is 12.3 Å². The lowest BCUT2D eigenvalue weighted by Gasteiger charge is -2.35. The molecule has 1 aliphatic rings. The molecule has 1 N–H and O–H groups in total. The molecule has 2 aromatic rings. The van der Waals surface area contributed by atoms with Gasteiger partial charge in [-0.1, -0.05) is 30.3 Å². The molecule has 21 heavy (non-hydrogen) atoms. The number of rotatable bonds is 2. The number of hydrogen-bond acceptors (Lipinski definition) is 3. The van der Waals surface area contributed by atoms with Crippen LogP contribution in [0.5, 0.6) is 0 Å². The summed E-state index contributed by atoms with van der Waals surface area (Å²) in [5.74, 6) is 1.82. The second-order valence-corrected chi connectivity index (χ2v) is 6.09. The van der Waals surface area contributed by atoms with Gasteiger partial charge in [0.15, 0.2) is 0 Å². The number of thioether (sulfide) groups is 1. The lowest BCUT2D eigenvalue weighted by molar-refractivity contribution is 0.0701. The minimum absolute atomic E-state index is 0.0274. The first kappa shape index (κ1) is 13.9. The van der Waals surface area contributed by atoms with E-state index >= 15 is 0 Å². The highest BCUT2D eigenvalue weighted by molar-refractivity contribution is 7.99. The molecule has 1 aliphatic heterocycles. The van der Waals surface area contributed by atoms with Crippen LogP contribution < -0.4 is 5.56 Å². The van der Waals surface area contributed by atoms with Crippen LogP contribution in [0.3, 0.4) is 0 Å². The molecule has 1 fully saturated rings. The van der Waals surface area contributed by atoms with Crippen LogP contribution >= 0.6 is 11.8 Å². The highest BCUT2D eigenvalue weighted by Gasteiger charge is 2.28. The molecule has 4 nitrogen and oxygen atoms in total. The lowest BCUT2D eigenvalue weighted by atomic mass is 10.1. The fourth-order valence-corrected chi connectivity index (χ4v) is 3.60. The van der Waals surface area contributed by atoms with E-state index in [-0.39, 0.29) is 17.5 Å². The molecule has 1 amide bonds. The predicted octanol–water partition coefficient (Wildman–Crippen LogP) is 2.31. The van der Waals surface area contributed by atoms with Crippen molar-refractivity contribution in [2.75, 3.05) is 18.1 Å². The van der Waals surface area contributed by atoms with Crippen molar-refractivity contribution >= 4 is 17.7 Å². The molecule has 0 aliphatic carbocycles. The Morgan fingerprint density at radius 1 is 1.19 bits per heavy atom. The summed E-state index contributed by atoms with van der Waals surface area (Å²) < 4.78 is 0. The van der Waals surface area contributed by atoms with E-state index in [2.05, 4.69) is 17.1 Å². The average molecular weight is 300 g/mol. The Bertz CT molecular complexity index is 664. The molecule has 1 aromatic carbocycles. The predicted molar refractivity (Wildman–Crippen MR) is 84.6 cm³/mol. The van der Waals surface area contributed by atoms with Gasteiger partial charge in [-0.25, -0.2) is 0 Å². The number of pyridine rings is 1. The molecular formula is C16H16N2O2S. The number of aromatic nitrogens is 1. The first-order valence-electron chi connectivity index (χ1n) is 6.88. The van der Waals surface area contributed by atoms with Crippen molar-refractivity contribution in [2.24, 2.45) is 0 Å². The van der Waals surface area contributed by atoms with Crippen LogP contribution in [0.1, 0.15) is 22.0 Å². The smallest absolute Gasteiger partial charge is 0.255 e. The molecule has 0 unspecified atom stereocenters. The number of H-pyrrole nitrogens is 1. The summed E-state index contributed by atoms with van der Waals surface area (Å²) in [6.45, 7) is 0.724. The maximum atomic E-state index is 12.7. The summed E-state index contributed by atoms with van der Waals surface area (Å²) in [6, 6.07) is 13.2. The molecule has 0 radical (unpaired) electrons. The van der Waals surface area contributed by atoms with Crippen LogP contribution in [0.25, 0.3) is 0 Å². The van der Waals surface area contributed by atoms with Gasteiger partial charge in [0.05, 0.1) is 11.6 Å². The van der Waals surface area contributed by atoms with Crippen LogP contribution in [-0.2, 0) is 0 Å². The summed E-state index contributed by atoms with van der Waals surface area (Å²) in [5, 5.41) is 0. The van der Waals surface area contributed by atoms with E-state index in [9.17, 15) is 9.59 Å². The van der Waals surface area contributed by atoms with Crippen LogP contribution in [0, 0.1) is 0 Å². The maximum Gasteiger partial charge on any atom is 0.255 e. The van der Waals surface area contributed by atoms with E-state index < -0.39 is 0 Å². The highest BCUT2D eigenvalue weighted by Crippen LogP contribution is 2.30. The monoisotopic (exact) mass is 300 g/mol. The SMILES string of the molecule is O=C(c1ccc(=O)[nH]c1)N1CCSC[C@@H]1c1ccccc1. The third kappa shape index (κ3) is 3.03. The Morgan fingerprint density at radius 3 is 2.71 bits per heavy atom. The van der Waals surface area contributed by atoms with Crippen molar-refractivity contribution in [3.8, 4) is 0 Å². The standard InChI is InChI=1S/C16H16N2O2S/c19-15-7-6-13(10-17-15)16(20)18-8-9-21-11-14(18)12-4-2-1-3-5-12/h1-7,10,14H,8-9,11H2,(H,17,19)/t14-/m1/s1. The van der Waals surface area contributed by atoms with Crippen LogP contribution in [0.15, 0.2) is 53.5 Å². The Labute approximate surface area is 127 Å². The Balaban J connectivity index is 1.89. The second-order valence-electron chi connectivity index (χ2n) is 4.94. The molecule has 108 valence electrons. The minimum Gasteiger partial charge on any atom is -0.330 e. The van der Waals surface area contributed by atoms with Gasteiger partial charge in [-0.2, -0.15) is 11.8 Å². The zero-order valence-electron chi connectivity index (χ0n) is 11.5. The topological polar surface area (TPSA) is 53.2 Å². The van der Waals surface area contributed by atoms with Crippen LogP contribution in [0.4, 0.5) is 0 Å². The molecule has 1 atom stereocenters.